The molecule has 4 nitrogen and oxygen atoms in total. The van der Waals surface area contributed by atoms with Crippen LogP contribution in [-0.2, 0) is 6.54 Å². The largest absolute Gasteiger partial charge is 0.388 e. The van der Waals surface area contributed by atoms with Gasteiger partial charge in [-0.15, -0.1) is 24.0 Å². The van der Waals surface area contributed by atoms with Crippen LogP contribution in [0, 0.1) is 12.7 Å². The van der Waals surface area contributed by atoms with Gasteiger partial charge in [-0.05, 0) is 50.3 Å². The number of aliphatic hydroxyl groups is 1. The van der Waals surface area contributed by atoms with Gasteiger partial charge in [-0.3, -0.25) is 0 Å². The molecule has 0 radical (unpaired) electrons. The molecule has 0 spiro atoms. The van der Waals surface area contributed by atoms with Crippen molar-refractivity contribution < 1.29 is 9.50 Å². The second-order valence-corrected chi connectivity index (χ2v) is 5.71. The molecule has 1 aromatic rings. The summed E-state index contributed by atoms with van der Waals surface area (Å²) in [6.45, 7) is 5.50. The highest BCUT2D eigenvalue weighted by Crippen LogP contribution is 2.30. The molecule has 0 aliphatic heterocycles. The minimum absolute atomic E-state index is 0. The summed E-state index contributed by atoms with van der Waals surface area (Å²) in [4.78, 5) is 4.48. The minimum atomic E-state index is -0.581. The number of aliphatic imine (C=N–C) groups is 1. The second-order valence-electron chi connectivity index (χ2n) is 5.71. The Balaban J connectivity index is 0.00000242. The van der Waals surface area contributed by atoms with Crippen LogP contribution in [0.15, 0.2) is 23.2 Å². The zero-order chi connectivity index (χ0) is 15.3. The van der Waals surface area contributed by atoms with Crippen LogP contribution in [0.25, 0.3) is 0 Å². The van der Waals surface area contributed by atoms with Gasteiger partial charge in [-0.2, -0.15) is 0 Å². The third kappa shape index (κ3) is 5.39. The van der Waals surface area contributed by atoms with Crippen molar-refractivity contribution in [2.24, 2.45) is 4.99 Å². The van der Waals surface area contributed by atoms with Crippen LogP contribution in [0.1, 0.15) is 37.3 Å². The lowest BCUT2D eigenvalue weighted by Gasteiger charge is -2.37. The molecule has 0 unspecified atom stereocenters. The van der Waals surface area contributed by atoms with Crippen LogP contribution < -0.4 is 10.6 Å². The highest BCUT2D eigenvalue weighted by atomic mass is 127. The van der Waals surface area contributed by atoms with Gasteiger partial charge in [0.1, 0.15) is 5.82 Å². The molecule has 1 fully saturated rings. The molecule has 0 amide bonds. The van der Waals surface area contributed by atoms with E-state index in [9.17, 15) is 9.50 Å². The molecule has 2 rings (SSSR count). The normalized spacial score (nSPS) is 16.5. The van der Waals surface area contributed by atoms with E-state index in [1.54, 1.807) is 13.0 Å². The van der Waals surface area contributed by atoms with Crippen LogP contribution in [0.2, 0.25) is 0 Å². The fourth-order valence-electron chi connectivity index (χ4n) is 2.33. The number of benzene rings is 1. The van der Waals surface area contributed by atoms with E-state index >= 15 is 0 Å². The zero-order valence-corrected chi connectivity index (χ0v) is 15.5. The van der Waals surface area contributed by atoms with Crippen molar-refractivity contribution in [2.45, 2.75) is 45.3 Å². The smallest absolute Gasteiger partial charge is 0.191 e. The topological polar surface area (TPSA) is 56.7 Å². The summed E-state index contributed by atoms with van der Waals surface area (Å²) >= 11 is 0. The molecule has 3 N–H and O–H groups in total. The maximum Gasteiger partial charge on any atom is 0.191 e. The van der Waals surface area contributed by atoms with Crippen LogP contribution in [0.5, 0.6) is 0 Å². The van der Waals surface area contributed by atoms with Gasteiger partial charge in [-0.1, -0.05) is 12.1 Å². The highest BCUT2D eigenvalue weighted by Gasteiger charge is 2.34. The van der Waals surface area contributed by atoms with Crippen LogP contribution >= 0.6 is 24.0 Å². The molecule has 0 aromatic heterocycles. The summed E-state index contributed by atoms with van der Waals surface area (Å²) in [6, 6.07) is 5.02. The van der Waals surface area contributed by atoms with Gasteiger partial charge in [0.05, 0.1) is 12.1 Å². The summed E-state index contributed by atoms with van der Waals surface area (Å²) in [5, 5.41) is 16.4. The number of nitrogens with zero attached hydrogens (tertiary/aromatic N) is 1. The summed E-state index contributed by atoms with van der Waals surface area (Å²) in [5.41, 5.74) is 1.01. The van der Waals surface area contributed by atoms with Crippen LogP contribution in [0.4, 0.5) is 4.39 Å². The lowest BCUT2D eigenvalue weighted by Crippen LogP contribution is -2.50. The van der Waals surface area contributed by atoms with Crippen molar-refractivity contribution >= 4 is 29.9 Å². The molecular formula is C16H25FIN3O. The first-order valence-electron chi connectivity index (χ1n) is 7.52. The van der Waals surface area contributed by atoms with Crippen molar-refractivity contribution in [3.05, 3.63) is 35.1 Å². The van der Waals surface area contributed by atoms with Gasteiger partial charge in [0, 0.05) is 13.1 Å². The summed E-state index contributed by atoms with van der Waals surface area (Å²) in [7, 11) is 0. The lowest BCUT2D eigenvalue weighted by molar-refractivity contribution is -0.0279. The quantitative estimate of drug-likeness (QED) is 0.390. The fourth-order valence-corrected chi connectivity index (χ4v) is 2.33. The van der Waals surface area contributed by atoms with Gasteiger partial charge in [-0.25, -0.2) is 9.38 Å². The van der Waals surface area contributed by atoms with Crippen molar-refractivity contribution in [2.75, 3.05) is 13.1 Å². The first-order valence-corrected chi connectivity index (χ1v) is 7.52. The Hall–Kier alpha value is -0.890. The first-order chi connectivity index (χ1) is 10.0. The van der Waals surface area contributed by atoms with E-state index in [1.807, 2.05) is 13.0 Å². The first kappa shape index (κ1) is 19.2. The zero-order valence-electron chi connectivity index (χ0n) is 13.2. The Labute approximate surface area is 148 Å². The fraction of sp³-hybridized carbons (Fsp3) is 0.562. The minimum Gasteiger partial charge on any atom is -0.388 e. The van der Waals surface area contributed by atoms with Crippen molar-refractivity contribution in [1.82, 2.24) is 10.6 Å². The Bertz CT molecular complexity index is 518. The van der Waals surface area contributed by atoms with Gasteiger partial charge in [0.15, 0.2) is 5.96 Å². The number of rotatable bonds is 5. The van der Waals surface area contributed by atoms with E-state index in [2.05, 4.69) is 15.6 Å². The number of nitrogens with one attached hydrogen (secondary N) is 2. The van der Waals surface area contributed by atoms with Gasteiger partial charge in [0.2, 0.25) is 0 Å². The number of guanidine groups is 1. The Morgan fingerprint density at radius 1 is 1.36 bits per heavy atom. The van der Waals surface area contributed by atoms with E-state index < -0.39 is 5.60 Å². The van der Waals surface area contributed by atoms with E-state index in [-0.39, 0.29) is 29.8 Å². The summed E-state index contributed by atoms with van der Waals surface area (Å²) < 4.78 is 13.2. The van der Waals surface area contributed by atoms with E-state index in [4.69, 9.17) is 0 Å². The predicted molar refractivity (Wildman–Crippen MR) is 98.2 cm³/mol. The van der Waals surface area contributed by atoms with Gasteiger partial charge < -0.3 is 15.7 Å². The standard InChI is InChI=1S/C16H24FN3O.HI/c1-3-18-15(20-11-16(21)7-4-8-16)19-10-13-5-6-14(17)12(2)9-13;/h5-6,9,21H,3-4,7-8,10-11H2,1-2H3,(H2,18,19,20);1H. The molecule has 0 saturated heterocycles. The summed E-state index contributed by atoms with van der Waals surface area (Å²) in [5.74, 6) is 0.486. The van der Waals surface area contributed by atoms with E-state index in [0.29, 0.717) is 24.6 Å². The number of hydrogen-bond donors (Lipinski definition) is 3. The third-order valence-electron chi connectivity index (χ3n) is 3.86. The average molecular weight is 421 g/mol. The molecule has 1 aliphatic rings. The molecule has 1 saturated carbocycles. The van der Waals surface area contributed by atoms with Crippen molar-refractivity contribution in [3.8, 4) is 0 Å². The van der Waals surface area contributed by atoms with E-state index in [0.717, 1.165) is 31.4 Å². The Morgan fingerprint density at radius 3 is 2.64 bits per heavy atom. The Kier molecular flexibility index (Phi) is 7.55. The average Bonchev–Trinajstić information content (AvgIpc) is 2.43. The molecule has 6 heteroatoms. The summed E-state index contributed by atoms with van der Waals surface area (Å²) in [6.07, 6.45) is 2.77. The van der Waals surface area contributed by atoms with Gasteiger partial charge >= 0.3 is 0 Å². The lowest BCUT2D eigenvalue weighted by atomic mass is 9.80. The van der Waals surface area contributed by atoms with E-state index in [1.165, 1.54) is 6.07 Å². The maximum absolute atomic E-state index is 13.2. The molecular weight excluding hydrogens is 396 g/mol. The number of aryl methyl sites for hydroxylation is 1. The highest BCUT2D eigenvalue weighted by molar-refractivity contribution is 14.0. The molecule has 124 valence electrons. The second kappa shape index (κ2) is 8.67. The molecule has 0 atom stereocenters. The maximum atomic E-state index is 13.2. The monoisotopic (exact) mass is 421 g/mol. The third-order valence-corrected chi connectivity index (χ3v) is 3.86. The SMILES string of the molecule is CCNC(=NCc1ccc(F)c(C)c1)NCC1(O)CCC1.I. The molecule has 1 aliphatic carbocycles. The van der Waals surface area contributed by atoms with Crippen LogP contribution in [-0.4, -0.2) is 29.8 Å². The molecule has 22 heavy (non-hydrogen) atoms. The van der Waals surface area contributed by atoms with Gasteiger partial charge in [0.25, 0.3) is 0 Å². The molecule has 0 bridgehead atoms. The number of hydrogen-bond acceptors (Lipinski definition) is 2. The molecule has 1 aromatic carbocycles. The van der Waals surface area contributed by atoms with Crippen LogP contribution in [0.3, 0.4) is 0 Å². The predicted octanol–water partition coefficient (Wildman–Crippen LogP) is 2.72. The Morgan fingerprint density at radius 2 is 2.09 bits per heavy atom. The molecule has 0 heterocycles. The number of halogens is 2. The van der Waals surface area contributed by atoms with Crippen molar-refractivity contribution in [1.29, 1.82) is 0 Å². The van der Waals surface area contributed by atoms with Crippen molar-refractivity contribution in [3.63, 3.8) is 0 Å².